The largest absolute Gasteiger partial charge is 0.397 e. The van der Waals surface area contributed by atoms with Crippen LogP contribution in [0.2, 0.25) is 0 Å². The summed E-state index contributed by atoms with van der Waals surface area (Å²) in [5.41, 5.74) is 5.34. The molecule has 0 radical (unpaired) electrons. The second-order valence-corrected chi connectivity index (χ2v) is 3.35. The van der Waals surface area contributed by atoms with Crippen LogP contribution in [-0.2, 0) is 11.3 Å². The number of hydrogen-bond acceptors (Lipinski definition) is 4. The van der Waals surface area contributed by atoms with Gasteiger partial charge in [0, 0.05) is 19.2 Å². The van der Waals surface area contributed by atoms with Gasteiger partial charge in [0.25, 0.3) is 5.56 Å². The first-order chi connectivity index (χ1) is 7.58. The van der Waals surface area contributed by atoms with Crippen molar-refractivity contribution >= 4 is 11.6 Å². The number of hydrogen-bond donors (Lipinski definition) is 1. The fourth-order valence-electron chi connectivity index (χ4n) is 1.37. The van der Waals surface area contributed by atoms with E-state index in [-0.39, 0.29) is 18.0 Å². The van der Waals surface area contributed by atoms with Crippen molar-refractivity contribution in [1.82, 2.24) is 14.7 Å². The summed E-state index contributed by atoms with van der Waals surface area (Å²) in [7, 11) is 0. The van der Waals surface area contributed by atoms with Gasteiger partial charge in [-0.3, -0.25) is 9.59 Å². The van der Waals surface area contributed by atoms with Gasteiger partial charge < -0.3 is 10.6 Å². The van der Waals surface area contributed by atoms with Gasteiger partial charge in [-0.1, -0.05) is 0 Å². The lowest BCUT2D eigenvalue weighted by molar-refractivity contribution is -0.131. The standard InChI is InChI=1S/C10H16N4O2/c1-3-13(4-2)10(16)7-14-9(15)5-8(11)6-12-14/h5-6H,3-4,7,11H2,1-2H3. The number of rotatable bonds is 4. The van der Waals surface area contributed by atoms with Gasteiger partial charge in [0.1, 0.15) is 6.54 Å². The van der Waals surface area contributed by atoms with E-state index in [4.69, 9.17) is 5.73 Å². The predicted octanol–water partition coefficient (Wildman–Crippen LogP) is -0.306. The van der Waals surface area contributed by atoms with Gasteiger partial charge >= 0.3 is 0 Å². The Bertz CT molecular complexity index is 423. The van der Waals surface area contributed by atoms with Crippen LogP contribution in [-0.4, -0.2) is 33.7 Å². The van der Waals surface area contributed by atoms with E-state index in [9.17, 15) is 9.59 Å². The molecule has 0 saturated carbocycles. The minimum atomic E-state index is -0.361. The Morgan fingerprint density at radius 3 is 2.62 bits per heavy atom. The maximum absolute atomic E-state index is 11.7. The van der Waals surface area contributed by atoms with Crippen LogP contribution in [0.3, 0.4) is 0 Å². The first-order valence-corrected chi connectivity index (χ1v) is 5.18. The zero-order valence-electron chi connectivity index (χ0n) is 9.51. The molecule has 1 aromatic rings. The Morgan fingerprint density at radius 1 is 1.50 bits per heavy atom. The number of likely N-dealkylation sites (N-methyl/N-ethyl adjacent to an activating group) is 1. The van der Waals surface area contributed by atoms with E-state index in [1.54, 1.807) is 4.90 Å². The molecule has 1 rings (SSSR count). The van der Waals surface area contributed by atoms with Crippen LogP contribution in [0, 0.1) is 0 Å². The Balaban J connectivity index is 2.81. The van der Waals surface area contributed by atoms with Crippen LogP contribution in [0.5, 0.6) is 0 Å². The molecule has 0 saturated heterocycles. The minimum absolute atomic E-state index is 0.0409. The van der Waals surface area contributed by atoms with Gasteiger partial charge in [-0.15, -0.1) is 0 Å². The number of carbonyl (C=O) groups excluding carboxylic acids is 1. The van der Waals surface area contributed by atoms with Crippen LogP contribution in [0.25, 0.3) is 0 Å². The number of aromatic nitrogens is 2. The zero-order valence-corrected chi connectivity index (χ0v) is 9.51. The second kappa shape index (κ2) is 5.29. The fraction of sp³-hybridized carbons (Fsp3) is 0.500. The Morgan fingerprint density at radius 2 is 2.12 bits per heavy atom. The molecule has 2 N–H and O–H groups in total. The van der Waals surface area contributed by atoms with Crippen molar-refractivity contribution in [3.63, 3.8) is 0 Å². The van der Waals surface area contributed by atoms with Crippen LogP contribution >= 0.6 is 0 Å². The highest BCUT2D eigenvalue weighted by Gasteiger charge is 2.11. The predicted molar refractivity (Wildman–Crippen MR) is 60.8 cm³/mol. The smallest absolute Gasteiger partial charge is 0.269 e. The molecule has 1 heterocycles. The molecule has 16 heavy (non-hydrogen) atoms. The minimum Gasteiger partial charge on any atom is -0.397 e. The van der Waals surface area contributed by atoms with Crippen molar-refractivity contribution in [3.8, 4) is 0 Å². The van der Waals surface area contributed by atoms with Crippen LogP contribution in [0.1, 0.15) is 13.8 Å². The van der Waals surface area contributed by atoms with Gasteiger partial charge in [0.05, 0.1) is 11.9 Å². The molecule has 6 heteroatoms. The number of amides is 1. The molecule has 0 atom stereocenters. The topological polar surface area (TPSA) is 81.2 Å². The van der Waals surface area contributed by atoms with E-state index >= 15 is 0 Å². The van der Waals surface area contributed by atoms with Crippen molar-refractivity contribution in [2.75, 3.05) is 18.8 Å². The maximum Gasteiger partial charge on any atom is 0.269 e. The van der Waals surface area contributed by atoms with E-state index in [0.29, 0.717) is 18.8 Å². The number of nitrogens with two attached hydrogens (primary N) is 1. The van der Waals surface area contributed by atoms with E-state index in [1.165, 1.54) is 12.3 Å². The van der Waals surface area contributed by atoms with Crippen LogP contribution in [0.15, 0.2) is 17.1 Å². The molecular formula is C10H16N4O2. The van der Waals surface area contributed by atoms with Gasteiger partial charge in [0.15, 0.2) is 0 Å². The van der Waals surface area contributed by atoms with Crippen molar-refractivity contribution in [2.24, 2.45) is 0 Å². The van der Waals surface area contributed by atoms with Crippen molar-refractivity contribution in [3.05, 3.63) is 22.6 Å². The summed E-state index contributed by atoms with van der Waals surface area (Å²) in [6, 6.07) is 1.25. The first kappa shape index (κ1) is 12.2. The lowest BCUT2D eigenvalue weighted by atomic mass is 10.4. The summed E-state index contributed by atoms with van der Waals surface area (Å²) in [6.45, 7) is 4.99. The van der Waals surface area contributed by atoms with Gasteiger partial charge in [-0.05, 0) is 13.8 Å². The molecule has 1 amide bonds. The monoisotopic (exact) mass is 224 g/mol. The van der Waals surface area contributed by atoms with E-state index in [0.717, 1.165) is 4.68 Å². The zero-order chi connectivity index (χ0) is 12.1. The molecule has 0 aliphatic heterocycles. The molecule has 0 aliphatic rings. The van der Waals surface area contributed by atoms with Crippen LogP contribution < -0.4 is 11.3 Å². The molecule has 0 unspecified atom stereocenters. The molecule has 0 bridgehead atoms. The number of nitrogens with zero attached hydrogens (tertiary/aromatic N) is 3. The Hall–Kier alpha value is -1.85. The summed E-state index contributed by atoms with van der Waals surface area (Å²) in [5, 5.41) is 3.80. The highest BCUT2D eigenvalue weighted by Crippen LogP contribution is 1.93. The average molecular weight is 224 g/mol. The van der Waals surface area contributed by atoms with E-state index < -0.39 is 0 Å². The fourth-order valence-corrected chi connectivity index (χ4v) is 1.37. The highest BCUT2D eigenvalue weighted by atomic mass is 16.2. The summed E-state index contributed by atoms with van der Waals surface area (Å²) < 4.78 is 1.11. The number of carbonyl (C=O) groups is 1. The normalized spacial score (nSPS) is 10.1. The molecule has 0 fully saturated rings. The Labute approximate surface area is 93.7 Å². The summed E-state index contributed by atoms with van der Waals surface area (Å²) in [4.78, 5) is 24.8. The molecule has 0 spiro atoms. The first-order valence-electron chi connectivity index (χ1n) is 5.18. The lowest BCUT2D eigenvalue weighted by Gasteiger charge is -2.18. The third-order valence-electron chi connectivity index (χ3n) is 2.29. The van der Waals surface area contributed by atoms with Crippen molar-refractivity contribution in [1.29, 1.82) is 0 Å². The van der Waals surface area contributed by atoms with Gasteiger partial charge in [-0.25, -0.2) is 4.68 Å². The van der Waals surface area contributed by atoms with Gasteiger partial charge in [-0.2, -0.15) is 5.10 Å². The molecule has 6 nitrogen and oxygen atoms in total. The quantitative estimate of drug-likeness (QED) is 0.761. The molecular weight excluding hydrogens is 208 g/mol. The third-order valence-corrected chi connectivity index (χ3v) is 2.29. The van der Waals surface area contributed by atoms with E-state index in [2.05, 4.69) is 5.10 Å². The maximum atomic E-state index is 11.7. The Kier molecular flexibility index (Phi) is 4.04. The van der Waals surface area contributed by atoms with Crippen molar-refractivity contribution in [2.45, 2.75) is 20.4 Å². The lowest BCUT2D eigenvalue weighted by Crippen LogP contribution is -2.37. The number of anilines is 1. The summed E-state index contributed by atoms with van der Waals surface area (Å²) in [5.74, 6) is -0.121. The third kappa shape index (κ3) is 2.82. The molecule has 0 aromatic carbocycles. The average Bonchev–Trinajstić information content (AvgIpc) is 2.24. The summed E-state index contributed by atoms with van der Waals surface area (Å²) in [6.07, 6.45) is 1.36. The second-order valence-electron chi connectivity index (χ2n) is 3.35. The highest BCUT2D eigenvalue weighted by molar-refractivity contribution is 5.75. The van der Waals surface area contributed by atoms with Crippen molar-refractivity contribution < 1.29 is 4.79 Å². The van der Waals surface area contributed by atoms with Crippen LogP contribution in [0.4, 0.5) is 5.69 Å². The van der Waals surface area contributed by atoms with Gasteiger partial charge in [0.2, 0.25) is 5.91 Å². The number of nitrogen functional groups attached to an aromatic ring is 1. The SMILES string of the molecule is CCN(CC)C(=O)Cn1ncc(N)cc1=O. The molecule has 88 valence electrons. The molecule has 1 aromatic heterocycles. The summed E-state index contributed by atoms with van der Waals surface area (Å²) >= 11 is 0. The van der Waals surface area contributed by atoms with E-state index in [1.807, 2.05) is 13.8 Å². The molecule has 0 aliphatic carbocycles.